The Kier molecular flexibility index (Phi) is 4.59. The highest BCUT2D eigenvalue weighted by Crippen LogP contribution is 2.39. The first kappa shape index (κ1) is 17.0. The predicted octanol–water partition coefficient (Wildman–Crippen LogP) is 2.76. The van der Waals surface area contributed by atoms with Gasteiger partial charge in [0.15, 0.2) is 0 Å². The number of benzene rings is 1. The highest BCUT2D eigenvalue weighted by atomic mass is 16.5. The summed E-state index contributed by atoms with van der Waals surface area (Å²) >= 11 is 0. The zero-order chi connectivity index (χ0) is 18.0. The zero-order valence-electron chi connectivity index (χ0n) is 14.9. The van der Waals surface area contributed by atoms with Crippen LogP contribution in [0.4, 0.5) is 5.95 Å². The zero-order valence-corrected chi connectivity index (χ0v) is 14.9. The number of anilines is 1. The van der Waals surface area contributed by atoms with Gasteiger partial charge in [-0.15, -0.1) is 0 Å². The van der Waals surface area contributed by atoms with E-state index in [0.717, 1.165) is 62.3 Å². The summed E-state index contributed by atoms with van der Waals surface area (Å²) in [5, 5.41) is 0. The fraction of sp³-hybridized carbons (Fsp3) is 0.450. The summed E-state index contributed by atoms with van der Waals surface area (Å²) < 4.78 is 5.52. The van der Waals surface area contributed by atoms with Crippen molar-refractivity contribution in [1.29, 1.82) is 0 Å². The molecule has 136 valence electrons. The smallest absolute Gasteiger partial charge is 0.253 e. The van der Waals surface area contributed by atoms with Crippen molar-refractivity contribution < 1.29 is 9.53 Å². The van der Waals surface area contributed by atoms with Crippen molar-refractivity contribution in [3.8, 4) is 11.1 Å². The fourth-order valence-corrected chi connectivity index (χ4v) is 4.07. The lowest BCUT2D eigenvalue weighted by Crippen LogP contribution is -2.48. The van der Waals surface area contributed by atoms with Crippen LogP contribution in [0.1, 0.15) is 36.0 Å². The molecule has 1 aromatic heterocycles. The number of carbonyl (C=O) groups is 1. The first-order valence-electron chi connectivity index (χ1n) is 9.20. The summed E-state index contributed by atoms with van der Waals surface area (Å²) in [5.41, 5.74) is 8.38. The van der Waals surface area contributed by atoms with E-state index < -0.39 is 0 Å². The van der Waals surface area contributed by atoms with E-state index in [4.69, 9.17) is 10.5 Å². The number of nitrogens with two attached hydrogens (primary N) is 1. The predicted molar refractivity (Wildman–Crippen MR) is 99.5 cm³/mol. The van der Waals surface area contributed by atoms with Gasteiger partial charge in [0.25, 0.3) is 5.91 Å². The van der Waals surface area contributed by atoms with Gasteiger partial charge in [-0.3, -0.25) is 4.79 Å². The molecule has 4 rings (SSSR count). The molecule has 1 aromatic carbocycles. The molecule has 2 saturated heterocycles. The number of nitrogens with zero attached hydrogens (tertiary/aromatic N) is 3. The van der Waals surface area contributed by atoms with Crippen molar-refractivity contribution in [2.45, 2.75) is 25.7 Å². The minimum absolute atomic E-state index is 0.121. The Bertz CT molecular complexity index is 762. The Morgan fingerprint density at radius 3 is 2.42 bits per heavy atom. The van der Waals surface area contributed by atoms with Crippen LogP contribution in [-0.2, 0) is 4.74 Å². The molecule has 2 aromatic rings. The molecule has 2 fully saturated rings. The third-order valence-corrected chi connectivity index (χ3v) is 5.64. The van der Waals surface area contributed by atoms with Crippen LogP contribution in [0.15, 0.2) is 36.7 Å². The summed E-state index contributed by atoms with van der Waals surface area (Å²) in [5.74, 6) is 0.378. The van der Waals surface area contributed by atoms with Crippen LogP contribution in [0.2, 0.25) is 0 Å². The molecule has 0 bridgehead atoms. The number of ether oxygens (including phenoxy) is 1. The molecule has 2 N–H and O–H groups in total. The van der Waals surface area contributed by atoms with E-state index in [9.17, 15) is 4.79 Å². The average Bonchev–Trinajstić information content (AvgIpc) is 2.69. The van der Waals surface area contributed by atoms with Gasteiger partial charge in [0.1, 0.15) is 0 Å². The van der Waals surface area contributed by atoms with E-state index in [0.29, 0.717) is 0 Å². The standard InChI is InChI=1S/C20H24N4O2/c21-19-22-12-17(13-23-19)15-2-4-16(5-3-15)18(25)24-9-1-6-20(14-24)7-10-26-11-8-20/h2-5,12-13H,1,6-11,14H2,(H2,21,22,23). The van der Waals surface area contributed by atoms with Crippen molar-refractivity contribution in [3.05, 3.63) is 42.2 Å². The first-order chi connectivity index (χ1) is 12.7. The summed E-state index contributed by atoms with van der Waals surface area (Å²) in [6.07, 6.45) is 7.79. The summed E-state index contributed by atoms with van der Waals surface area (Å²) in [7, 11) is 0. The highest BCUT2D eigenvalue weighted by molar-refractivity contribution is 5.94. The van der Waals surface area contributed by atoms with E-state index in [1.165, 1.54) is 6.42 Å². The van der Waals surface area contributed by atoms with Gasteiger partial charge in [0, 0.05) is 49.8 Å². The second kappa shape index (κ2) is 7.03. The first-order valence-corrected chi connectivity index (χ1v) is 9.20. The van der Waals surface area contributed by atoms with Crippen LogP contribution < -0.4 is 5.73 Å². The summed E-state index contributed by atoms with van der Waals surface area (Å²) in [6.45, 7) is 3.33. The molecule has 0 saturated carbocycles. The third kappa shape index (κ3) is 3.42. The number of amides is 1. The number of likely N-dealkylation sites (tertiary alicyclic amines) is 1. The number of carbonyl (C=O) groups excluding carboxylic acids is 1. The van der Waals surface area contributed by atoms with Gasteiger partial charge >= 0.3 is 0 Å². The molecule has 0 radical (unpaired) electrons. The van der Waals surface area contributed by atoms with E-state index >= 15 is 0 Å². The maximum atomic E-state index is 13.0. The quantitative estimate of drug-likeness (QED) is 0.899. The van der Waals surface area contributed by atoms with E-state index in [1.807, 2.05) is 29.2 Å². The number of piperidine rings is 1. The maximum absolute atomic E-state index is 13.0. The normalized spacial score (nSPS) is 19.5. The maximum Gasteiger partial charge on any atom is 0.253 e. The molecule has 6 nitrogen and oxygen atoms in total. The second-order valence-electron chi connectivity index (χ2n) is 7.35. The van der Waals surface area contributed by atoms with Gasteiger partial charge in [-0.25, -0.2) is 9.97 Å². The minimum atomic E-state index is 0.121. The third-order valence-electron chi connectivity index (χ3n) is 5.64. The largest absolute Gasteiger partial charge is 0.381 e. The van der Waals surface area contributed by atoms with E-state index in [-0.39, 0.29) is 17.3 Å². The van der Waals surface area contributed by atoms with Crippen molar-refractivity contribution in [2.75, 3.05) is 32.0 Å². The van der Waals surface area contributed by atoms with Gasteiger partial charge in [-0.1, -0.05) is 12.1 Å². The second-order valence-corrected chi connectivity index (χ2v) is 7.35. The van der Waals surface area contributed by atoms with Crippen molar-refractivity contribution in [2.24, 2.45) is 5.41 Å². The van der Waals surface area contributed by atoms with Crippen LogP contribution in [0.5, 0.6) is 0 Å². The molecule has 0 atom stereocenters. The van der Waals surface area contributed by atoms with Gasteiger partial charge in [-0.2, -0.15) is 0 Å². The van der Waals surface area contributed by atoms with Crippen LogP contribution >= 0.6 is 0 Å². The van der Waals surface area contributed by atoms with Crippen LogP contribution in [0.3, 0.4) is 0 Å². The number of nitrogen functional groups attached to an aromatic ring is 1. The van der Waals surface area contributed by atoms with Gasteiger partial charge in [0.2, 0.25) is 5.95 Å². The highest BCUT2D eigenvalue weighted by Gasteiger charge is 2.38. The summed E-state index contributed by atoms with van der Waals surface area (Å²) in [4.78, 5) is 23.0. The molecule has 0 aliphatic carbocycles. The fourth-order valence-electron chi connectivity index (χ4n) is 4.07. The Morgan fingerprint density at radius 2 is 1.73 bits per heavy atom. The molecule has 2 aliphatic rings. The number of rotatable bonds is 2. The number of hydrogen-bond acceptors (Lipinski definition) is 5. The topological polar surface area (TPSA) is 81.3 Å². The molecule has 6 heteroatoms. The van der Waals surface area contributed by atoms with E-state index in [1.54, 1.807) is 12.4 Å². The molecular formula is C20H24N4O2. The lowest BCUT2D eigenvalue weighted by molar-refractivity contribution is -0.0229. The van der Waals surface area contributed by atoms with Gasteiger partial charge < -0.3 is 15.4 Å². The Labute approximate surface area is 153 Å². The van der Waals surface area contributed by atoms with Crippen molar-refractivity contribution >= 4 is 11.9 Å². The van der Waals surface area contributed by atoms with Gasteiger partial charge in [0.05, 0.1) is 0 Å². The SMILES string of the molecule is Nc1ncc(-c2ccc(C(=O)N3CCCC4(CCOCC4)C3)cc2)cn1. The van der Waals surface area contributed by atoms with Crippen LogP contribution in [-0.4, -0.2) is 47.1 Å². The lowest BCUT2D eigenvalue weighted by atomic mass is 9.74. The lowest BCUT2D eigenvalue weighted by Gasteiger charge is -2.45. The van der Waals surface area contributed by atoms with Crippen LogP contribution in [0, 0.1) is 5.41 Å². The molecule has 0 unspecified atom stereocenters. The molecular weight excluding hydrogens is 328 g/mol. The number of hydrogen-bond donors (Lipinski definition) is 1. The number of aromatic nitrogens is 2. The van der Waals surface area contributed by atoms with Crippen LogP contribution in [0.25, 0.3) is 11.1 Å². The minimum Gasteiger partial charge on any atom is -0.381 e. The molecule has 3 heterocycles. The summed E-state index contributed by atoms with van der Waals surface area (Å²) in [6, 6.07) is 7.66. The van der Waals surface area contributed by atoms with Crippen molar-refractivity contribution in [3.63, 3.8) is 0 Å². The molecule has 2 aliphatic heterocycles. The van der Waals surface area contributed by atoms with Gasteiger partial charge in [-0.05, 0) is 48.8 Å². The van der Waals surface area contributed by atoms with E-state index in [2.05, 4.69) is 9.97 Å². The Morgan fingerprint density at radius 1 is 1.04 bits per heavy atom. The monoisotopic (exact) mass is 352 g/mol. The van der Waals surface area contributed by atoms with Crippen molar-refractivity contribution in [1.82, 2.24) is 14.9 Å². The average molecular weight is 352 g/mol. The Balaban J connectivity index is 1.48. The molecule has 1 spiro atoms. The molecule has 1 amide bonds. The molecule has 26 heavy (non-hydrogen) atoms. The Hall–Kier alpha value is -2.47.